The zero-order valence-corrected chi connectivity index (χ0v) is 19.5. The standard InChI is InChI=1S/C25H31FN6O/c1-4-30(5-2)24-27-23(19-8-6-7-9-20(26)18-19)28-25(29-24)32-16-14-31(15-17-32)21-10-12-22(33-3)13-11-21/h6-8,10-13,18H,4-5,9,14-17H2,1-3H3. The number of piperazine rings is 1. The van der Waals surface area contributed by atoms with E-state index in [4.69, 9.17) is 19.7 Å². The van der Waals surface area contributed by atoms with E-state index in [-0.39, 0.29) is 12.2 Å². The van der Waals surface area contributed by atoms with Crippen molar-refractivity contribution in [2.45, 2.75) is 20.3 Å². The fourth-order valence-electron chi connectivity index (χ4n) is 4.00. The van der Waals surface area contributed by atoms with E-state index < -0.39 is 0 Å². The van der Waals surface area contributed by atoms with Crippen molar-refractivity contribution in [3.8, 4) is 5.75 Å². The van der Waals surface area contributed by atoms with Gasteiger partial charge >= 0.3 is 0 Å². The number of benzene rings is 1. The number of hydrogen-bond donors (Lipinski definition) is 0. The molecule has 174 valence electrons. The summed E-state index contributed by atoms with van der Waals surface area (Å²) in [4.78, 5) is 20.9. The van der Waals surface area contributed by atoms with Crippen molar-refractivity contribution in [3.05, 3.63) is 60.2 Å². The second-order valence-electron chi connectivity index (χ2n) is 7.95. The molecule has 1 aromatic heterocycles. The van der Waals surface area contributed by atoms with Gasteiger partial charge in [-0.2, -0.15) is 15.0 Å². The molecule has 2 aliphatic rings. The first kappa shape index (κ1) is 22.8. The zero-order chi connectivity index (χ0) is 23.2. The van der Waals surface area contributed by atoms with Gasteiger partial charge in [-0.05, 0) is 44.2 Å². The summed E-state index contributed by atoms with van der Waals surface area (Å²) in [7, 11) is 1.68. The molecule has 0 unspecified atom stereocenters. The van der Waals surface area contributed by atoms with Crippen LogP contribution in [0.4, 0.5) is 22.0 Å². The second-order valence-corrected chi connectivity index (χ2v) is 7.95. The first-order chi connectivity index (χ1) is 16.1. The van der Waals surface area contributed by atoms with E-state index in [9.17, 15) is 4.39 Å². The van der Waals surface area contributed by atoms with Crippen LogP contribution >= 0.6 is 0 Å². The third-order valence-corrected chi connectivity index (χ3v) is 5.95. The molecule has 2 heterocycles. The van der Waals surface area contributed by atoms with Crippen LogP contribution in [-0.2, 0) is 0 Å². The van der Waals surface area contributed by atoms with Gasteiger partial charge in [0.15, 0.2) is 5.82 Å². The lowest BCUT2D eigenvalue weighted by Gasteiger charge is -2.36. The Hall–Kier alpha value is -3.42. The van der Waals surface area contributed by atoms with Gasteiger partial charge < -0.3 is 19.4 Å². The van der Waals surface area contributed by atoms with E-state index in [1.165, 1.54) is 11.8 Å². The molecular formula is C25H31FN6O. The summed E-state index contributed by atoms with van der Waals surface area (Å²) in [6.07, 6.45) is 7.32. The van der Waals surface area contributed by atoms with Gasteiger partial charge in [-0.3, -0.25) is 0 Å². The number of hydrogen-bond acceptors (Lipinski definition) is 7. The SMILES string of the molecule is CCN(CC)c1nc(C2=CC=CCC(F)=C2)nc(N2CCN(c3ccc(OC)cc3)CC2)n1. The Morgan fingerprint density at radius 2 is 1.67 bits per heavy atom. The van der Waals surface area contributed by atoms with E-state index in [1.54, 1.807) is 13.2 Å². The molecule has 1 aliphatic heterocycles. The van der Waals surface area contributed by atoms with Crippen molar-refractivity contribution in [2.75, 3.05) is 61.1 Å². The van der Waals surface area contributed by atoms with Crippen LogP contribution in [-0.4, -0.2) is 61.3 Å². The summed E-state index contributed by atoms with van der Waals surface area (Å²) in [5.41, 5.74) is 1.84. The number of allylic oxidation sites excluding steroid dienone is 6. The van der Waals surface area contributed by atoms with Crippen LogP contribution in [0.3, 0.4) is 0 Å². The molecule has 0 radical (unpaired) electrons. The van der Waals surface area contributed by atoms with Crippen molar-refractivity contribution >= 4 is 23.2 Å². The summed E-state index contributed by atoms with van der Waals surface area (Å²) in [6, 6.07) is 8.14. The Kier molecular flexibility index (Phi) is 7.22. The van der Waals surface area contributed by atoms with Crippen LogP contribution < -0.4 is 19.4 Å². The minimum atomic E-state index is -0.200. The molecule has 2 aromatic rings. The average Bonchev–Trinajstić information content (AvgIpc) is 3.09. The van der Waals surface area contributed by atoms with E-state index in [1.807, 2.05) is 24.3 Å². The average molecular weight is 451 g/mol. The van der Waals surface area contributed by atoms with E-state index in [0.29, 0.717) is 23.3 Å². The molecule has 1 saturated heterocycles. The Bertz CT molecular complexity index is 1040. The smallest absolute Gasteiger partial charge is 0.230 e. The van der Waals surface area contributed by atoms with Gasteiger partial charge in [0.2, 0.25) is 11.9 Å². The molecule has 0 atom stereocenters. The van der Waals surface area contributed by atoms with Crippen LogP contribution in [0.5, 0.6) is 5.75 Å². The molecule has 1 fully saturated rings. The minimum Gasteiger partial charge on any atom is -0.497 e. The second kappa shape index (κ2) is 10.5. The Morgan fingerprint density at radius 1 is 0.970 bits per heavy atom. The molecule has 7 nitrogen and oxygen atoms in total. The number of halogens is 1. The monoisotopic (exact) mass is 450 g/mol. The molecule has 0 spiro atoms. The molecule has 1 aliphatic carbocycles. The number of aromatic nitrogens is 3. The Balaban J connectivity index is 1.59. The highest BCUT2D eigenvalue weighted by molar-refractivity contribution is 5.73. The van der Waals surface area contributed by atoms with Gasteiger partial charge in [0.1, 0.15) is 11.6 Å². The molecule has 33 heavy (non-hydrogen) atoms. The maximum atomic E-state index is 14.1. The highest BCUT2D eigenvalue weighted by Crippen LogP contribution is 2.25. The summed E-state index contributed by atoms with van der Waals surface area (Å²) in [5, 5.41) is 0. The topological polar surface area (TPSA) is 57.6 Å². The molecule has 4 rings (SSSR count). The lowest BCUT2D eigenvalue weighted by atomic mass is 10.2. The van der Waals surface area contributed by atoms with E-state index in [2.05, 4.69) is 40.7 Å². The van der Waals surface area contributed by atoms with Crippen LogP contribution in [0.25, 0.3) is 5.57 Å². The van der Waals surface area contributed by atoms with Crippen LogP contribution in [0.1, 0.15) is 26.1 Å². The van der Waals surface area contributed by atoms with E-state index in [0.717, 1.165) is 45.0 Å². The molecule has 0 saturated carbocycles. The maximum absolute atomic E-state index is 14.1. The van der Waals surface area contributed by atoms with Gasteiger partial charge in [0.25, 0.3) is 0 Å². The quantitative estimate of drug-likeness (QED) is 0.625. The lowest BCUT2D eigenvalue weighted by molar-refractivity contribution is 0.415. The highest BCUT2D eigenvalue weighted by Gasteiger charge is 2.22. The molecule has 0 bridgehead atoms. The number of methoxy groups -OCH3 is 1. The summed E-state index contributed by atoms with van der Waals surface area (Å²) >= 11 is 0. The highest BCUT2D eigenvalue weighted by atomic mass is 19.1. The van der Waals surface area contributed by atoms with Gasteiger partial charge in [-0.15, -0.1) is 0 Å². The van der Waals surface area contributed by atoms with Crippen molar-refractivity contribution in [2.24, 2.45) is 0 Å². The van der Waals surface area contributed by atoms with E-state index >= 15 is 0 Å². The van der Waals surface area contributed by atoms with Crippen molar-refractivity contribution in [1.82, 2.24) is 15.0 Å². The minimum absolute atomic E-state index is 0.200. The van der Waals surface area contributed by atoms with Crippen molar-refractivity contribution < 1.29 is 9.13 Å². The number of ether oxygens (including phenoxy) is 1. The fourth-order valence-corrected chi connectivity index (χ4v) is 4.00. The number of nitrogens with zero attached hydrogens (tertiary/aromatic N) is 6. The zero-order valence-electron chi connectivity index (χ0n) is 19.5. The predicted molar refractivity (Wildman–Crippen MR) is 132 cm³/mol. The van der Waals surface area contributed by atoms with Gasteiger partial charge in [-0.1, -0.05) is 18.2 Å². The Labute approximate surface area is 194 Å². The molecule has 8 heteroatoms. The van der Waals surface area contributed by atoms with Gasteiger partial charge in [0.05, 0.1) is 7.11 Å². The fraction of sp³-hybridized carbons (Fsp3) is 0.400. The third-order valence-electron chi connectivity index (χ3n) is 5.95. The first-order valence-corrected chi connectivity index (χ1v) is 11.5. The molecule has 0 amide bonds. The Morgan fingerprint density at radius 3 is 2.33 bits per heavy atom. The normalized spacial score (nSPS) is 16.2. The van der Waals surface area contributed by atoms with Gasteiger partial charge in [0, 0.05) is 56.9 Å². The summed E-state index contributed by atoms with van der Waals surface area (Å²) in [6.45, 7) is 9.01. The molecule has 1 aromatic carbocycles. The third kappa shape index (κ3) is 5.32. The number of anilines is 3. The van der Waals surface area contributed by atoms with Crippen molar-refractivity contribution in [1.29, 1.82) is 0 Å². The van der Waals surface area contributed by atoms with Crippen LogP contribution in [0.2, 0.25) is 0 Å². The maximum Gasteiger partial charge on any atom is 0.230 e. The summed E-state index contributed by atoms with van der Waals surface area (Å²) < 4.78 is 19.4. The molecule has 0 N–H and O–H groups in total. The predicted octanol–water partition coefficient (Wildman–Crippen LogP) is 4.25. The summed E-state index contributed by atoms with van der Waals surface area (Å²) in [5.74, 6) is 2.42. The lowest BCUT2D eigenvalue weighted by Crippen LogP contribution is -2.47. The largest absolute Gasteiger partial charge is 0.497 e. The van der Waals surface area contributed by atoms with Crippen LogP contribution in [0, 0.1) is 0 Å². The first-order valence-electron chi connectivity index (χ1n) is 11.5. The van der Waals surface area contributed by atoms with Crippen molar-refractivity contribution in [3.63, 3.8) is 0 Å². The van der Waals surface area contributed by atoms with Crippen LogP contribution in [0.15, 0.2) is 54.4 Å². The van der Waals surface area contributed by atoms with Gasteiger partial charge in [-0.25, -0.2) is 4.39 Å². The molecular weight excluding hydrogens is 419 g/mol. The number of rotatable bonds is 7.